The van der Waals surface area contributed by atoms with Crippen LogP contribution in [0.25, 0.3) is 21.9 Å². The highest BCUT2D eigenvalue weighted by atomic mass is 14.9. The van der Waals surface area contributed by atoms with Crippen molar-refractivity contribution in [2.75, 3.05) is 10.6 Å². The van der Waals surface area contributed by atoms with Gasteiger partial charge in [0.05, 0.1) is 0 Å². The van der Waals surface area contributed by atoms with Gasteiger partial charge in [0, 0.05) is 28.1 Å². The van der Waals surface area contributed by atoms with Crippen molar-refractivity contribution in [3.05, 3.63) is 158 Å². The van der Waals surface area contributed by atoms with E-state index in [9.17, 15) is 0 Å². The fourth-order valence-corrected chi connectivity index (χ4v) is 4.08. The lowest BCUT2D eigenvalue weighted by atomic mass is 10.1. The van der Waals surface area contributed by atoms with E-state index in [0.29, 0.717) is 0 Å². The van der Waals surface area contributed by atoms with E-state index in [-0.39, 0.29) is 0 Å². The highest BCUT2D eigenvalue weighted by Gasteiger charge is 2.02. The van der Waals surface area contributed by atoms with Crippen LogP contribution in [0.4, 0.5) is 22.7 Å². The Labute approximate surface area is 212 Å². The van der Waals surface area contributed by atoms with Gasteiger partial charge >= 0.3 is 0 Å². The molecule has 0 unspecified atom stereocenters. The van der Waals surface area contributed by atoms with Crippen molar-refractivity contribution in [2.45, 2.75) is 0 Å². The maximum Gasteiger partial charge on any atom is 0.0463 e. The van der Waals surface area contributed by atoms with Gasteiger partial charge in [-0.1, -0.05) is 115 Å². The highest BCUT2D eigenvalue weighted by Crippen LogP contribution is 2.28. The first-order valence-corrected chi connectivity index (χ1v) is 12.1. The molecule has 0 aromatic heterocycles. The van der Waals surface area contributed by atoms with Crippen molar-refractivity contribution in [3.63, 3.8) is 0 Å². The number of fused-ring (bicyclic) bond motifs is 1. The van der Waals surface area contributed by atoms with Gasteiger partial charge < -0.3 is 10.6 Å². The van der Waals surface area contributed by atoms with E-state index in [2.05, 4.69) is 102 Å². The lowest BCUT2D eigenvalue weighted by molar-refractivity contribution is 1.55. The third kappa shape index (κ3) is 5.99. The molecule has 0 saturated carbocycles. The fourth-order valence-electron chi connectivity index (χ4n) is 4.08. The Kier molecular flexibility index (Phi) is 7.36. The van der Waals surface area contributed by atoms with E-state index in [1.54, 1.807) is 0 Å². The van der Waals surface area contributed by atoms with Gasteiger partial charge in [0.15, 0.2) is 0 Å². The van der Waals surface area contributed by atoms with Crippen LogP contribution >= 0.6 is 0 Å². The molecule has 6 rings (SSSR count). The predicted octanol–water partition coefficient (Wildman–Crippen LogP) is 9.68. The van der Waals surface area contributed by atoms with Gasteiger partial charge in [-0.15, -0.1) is 0 Å². The molecule has 2 N–H and O–H groups in total. The number of nitrogens with one attached hydrogen (secondary N) is 2. The van der Waals surface area contributed by atoms with E-state index >= 15 is 0 Å². The van der Waals surface area contributed by atoms with Crippen LogP contribution in [-0.4, -0.2) is 0 Å². The molecule has 6 aromatic rings. The van der Waals surface area contributed by atoms with Crippen LogP contribution in [0.15, 0.2) is 158 Å². The lowest BCUT2D eigenvalue weighted by Crippen LogP contribution is -1.91. The highest BCUT2D eigenvalue weighted by molar-refractivity contribution is 5.95. The smallest absolute Gasteiger partial charge is 0.0463 e. The van der Waals surface area contributed by atoms with E-state index in [0.717, 1.165) is 22.7 Å². The molecule has 2 heteroatoms. The Hall–Kier alpha value is -4.82. The number of para-hydroxylation sites is 2. The summed E-state index contributed by atoms with van der Waals surface area (Å²) in [6.07, 6.45) is 0. The maximum absolute atomic E-state index is 3.53. The second kappa shape index (κ2) is 11.5. The number of hydrogen-bond acceptors (Lipinski definition) is 2. The minimum Gasteiger partial charge on any atom is -0.356 e. The van der Waals surface area contributed by atoms with E-state index in [1.165, 1.54) is 21.9 Å². The first-order valence-electron chi connectivity index (χ1n) is 12.1. The van der Waals surface area contributed by atoms with E-state index in [1.807, 2.05) is 66.7 Å². The molecule has 0 saturated heterocycles. The Balaban J connectivity index is 0.000000174. The first-order chi connectivity index (χ1) is 17.8. The van der Waals surface area contributed by atoms with Gasteiger partial charge in [-0.05, 0) is 59.0 Å². The zero-order valence-electron chi connectivity index (χ0n) is 20.0. The Morgan fingerprint density at radius 3 is 1.42 bits per heavy atom. The van der Waals surface area contributed by atoms with Gasteiger partial charge in [0.2, 0.25) is 0 Å². The topological polar surface area (TPSA) is 24.1 Å². The molecule has 0 fully saturated rings. The predicted molar refractivity (Wildman–Crippen MR) is 155 cm³/mol. The summed E-state index contributed by atoms with van der Waals surface area (Å²) in [4.78, 5) is 0. The van der Waals surface area contributed by atoms with Crippen LogP contribution in [0, 0.1) is 0 Å². The molecule has 0 bridgehead atoms. The molecule has 0 aliphatic rings. The molecule has 0 radical (unpaired) electrons. The van der Waals surface area contributed by atoms with Crippen molar-refractivity contribution in [1.82, 2.24) is 0 Å². The van der Waals surface area contributed by atoms with Crippen LogP contribution < -0.4 is 10.6 Å². The number of rotatable bonds is 5. The third-order valence-corrected chi connectivity index (χ3v) is 5.90. The van der Waals surface area contributed by atoms with Crippen molar-refractivity contribution in [1.29, 1.82) is 0 Å². The van der Waals surface area contributed by atoms with Crippen LogP contribution in [0.2, 0.25) is 0 Å². The van der Waals surface area contributed by atoms with Crippen molar-refractivity contribution in [2.24, 2.45) is 0 Å². The molecular formula is C34H28N2. The molecular weight excluding hydrogens is 436 g/mol. The summed E-state index contributed by atoms with van der Waals surface area (Å²) in [6, 6.07) is 54.1. The summed E-state index contributed by atoms with van der Waals surface area (Å²) in [5.74, 6) is 0. The SMILES string of the molecule is c1ccc(-c2ccc(Nc3cccc4ccccc34)cc2)cc1.c1ccc(Nc2ccccc2)cc1. The number of benzene rings is 6. The number of anilines is 4. The standard InChI is InChI=1S/C22H17N.C12H11N/c1-2-7-17(8-3-1)18-13-15-20(16-14-18)23-22-12-6-10-19-9-4-5-11-21(19)22;1-3-7-11(8-4-1)13-12-9-5-2-6-10-12/h1-16,23H;1-10,13H. The van der Waals surface area contributed by atoms with Gasteiger partial charge in [0.25, 0.3) is 0 Å². The largest absolute Gasteiger partial charge is 0.356 e. The summed E-state index contributed by atoms with van der Waals surface area (Å²) in [5, 5.41) is 9.32. The third-order valence-electron chi connectivity index (χ3n) is 5.90. The van der Waals surface area contributed by atoms with Crippen LogP contribution in [0.1, 0.15) is 0 Å². The Bertz CT molecular complexity index is 1450. The van der Waals surface area contributed by atoms with Crippen LogP contribution in [0.5, 0.6) is 0 Å². The average Bonchev–Trinajstić information content (AvgIpc) is 2.96. The van der Waals surface area contributed by atoms with E-state index < -0.39 is 0 Å². The lowest BCUT2D eigenvalue weighted by Gasteiger charge is -2.10. The zero-order valence-corrected chi connectivity index (χ0v) is 20.0. The molecule has 0 atom stereocenters. The molecule has 0 spiro atoms. The van der Waals surface area contributed by atoms with Gasteiger partial charge in [0.1, 0.15) is 0 Å². The molecule has 2 nitrogen and oxygen atoms in total. The first kappa shape index (κ1) is 22.9. The van der Waals surface area contributed by atoms with Gasteiger partial charge in [-0.25, -0.2) is 0 Å². The molecule has 0 aliphatic carbocycles. The Morgan fingerprint density at radius 1 is 0.306 bits per heavy atom. The summed E-state index contributed by atoms with van der Waals surface area (Å²) >= 11 is 0. The molecule has 0 amide bonds. The minimum atomic E-state index is 1.10. The molecule has 6 aromatic carbocycles. The molecule has 36 heavy (non-hydrogen) atoms. The normalized spacial score (nSPS) is 10.2. The van der Waals surface area contributed by atoms with Gasteiger partial charge in [-0.3, -0.25) is 0 Å². The second-order valence-electron chi connectivity index (χ2n) is 8.45. The fraction of sp³-hybridized carbons (Fsp3) is 0. The zero-order chi connectivity index (χ0) is 24.4. The molecule has 0 heterocycles. The number of hydrogen-bond donors (Lipinski definition) is 2. The van der Waals surface area contributed by atoms with Gasteiger partial charge in [-0.2, -0.15) is 0 Å². The summed E-state index contributed by atoms with van der Waals surface area (Å²) in [7, 11) is 0. The summed E-state index contributed by atoms with van der Waals surface area (Å²) < 4.78 is 0. The second-order valence-corrected chi connectivity index (χ2v) is 8.45. The quantitative estimate of drug-likeness (QED) is 0.265. The minimum absolute atomic E-state index is 1.10. The van der Waals surface area contributed by atoms with Crippen molar-refractivity contribution in [3.8, 4) is 11.1 Å². The van der Waals surface area contributed by atoms with Crippen molar-refractivity contribution < 1.29 is 0 Å². The van der Waals surface area contributed by atoms with Crippen molar-refractivity contribution >= 4 is 33.5 Å². The molecule has 0 aliphatic heterocycles. The van der Waals surface area contributed by atoms with E-state index in [4.69, 9.17) is 0 Å². The maximum atomic E-state index is 3.53. The summed E-state index contributed by atoms with van der Waals surface area (Å²) in [6.45, 7) is 0. The van der Waals surface area contributed by atoms with Crippen LogP contribution in [-0.2, 0) is 0 Å². The molecule has 174 valence electrons. The Morgan fingerprint density at radius 2 is 0.778 bits per heavy atom. The monoisotopic (exact) mass is 464 g/mol. The summed E-state index contributed by atoms with van der Waals surface area (Å²) in [5.41, 5.74) is 6.94. The van der Waals surface area contributed by atoms with Crippen LogP contribution in [0.3, 0.4) is 0 Å². The average molecular weight is 465 g/mol.